The maximum absolute atomic E-state index is 12.1. The standard InChI is InChI=1S/C13H17N3O3/c1-14-12(17)10-9(19-8-4-5-8)6-7-15-11(10)13(18)16(2)3/h6-8H,4-5H2,1-3H3,(H,14,17). The molecule has 0 radical (unpaired) electrons. The van der Waals surface area contributed by atoms with Crippen molar-refractivity contribution in [2.75, 3.05) is 21.1 Å². The fraction of sp³-hybridized carbons (Fsp3) is 0.462. The lowest BCUT2D eigenvalue weighted by Crippen LogP contribution is -2.29. The molecule has 1 N–H and O–H groups in total. The first-order valence-electron chi connectivity index (χ1n) is 6.14. The van der Waals surface area contributed by atoms with Gasteiger partial charge in [0.05, 0.1) is 6.10 Å². The normalized spacial score (nSPS) is 13.8. The number of nitrogens with one attached hydrogen (secondary N) is 1. The Bertz CT molecular complexity index is 510. The molecule has 0 spiro atoms. The second kappa shape index (κ2) is 5.26. The molecule has 1 aromatic heterocycles. The summed E-state index contributed by atoms with van der Waals surface area (Å²) in [5, 5.41) is 2.52. The molecule has 0 saturated heterocycles. The summed E-state index contributed by atoms with van der Waals surface area (Å²) in [6.45, 7) is 0. The van der Waals surface area contributed by atoms with Crippen LogP contribution < -0.4 is 10.1 Å². The number of carbonyl (C=O) groups excluding carboxylic acids is 2. The van der Waals surface area contributed by atoms with Crippen LogP contribution in [0.1, 0.15) is 33.7 Å². The molecule has 1 aliphatic carbocycles. The van der Waals surface area contributed by atoms with E-state index in [0.29, 0.717) is 5.75 Å². The van der Waals surface area contributed by atoms with Gasteiger partial charge in [-0.25, -0.2) is 4.98 Å². The molecule has 1 fully saturated rings. The van der Waals surface area contributed by atoms with Crippen LogP contribution in [-0.4, -0.2) is 48.9 Å². The van der Waals surface area contributed by atoms with Gasteiger partial charge in [-0.2, -0.15) is 0 Å². The summed E-state index contributed by atoms with van der Waals surface area (Å²) >= 11 is 0. The fourth-order valence-corrected chi connectivity index (χ4v) is 1.63. The third-order valence-corrected chi connectivity index (χ3v) is 2.79. The molecule has 0 atom stereocenters. The lowest BCUT2D eigenvalue weighted by molar-refractivity contribution is 0.0811. The highest BCUT2D eigenvalue weighted by atomic mass is 16.5. The van der Waals surface area contributed by atoms with Crippen molar-refractivity contribution < 1.29 is 14.3 Å². The zero-order valence-corrected chi connectivity index (χ0v) is 11.3. The number of nitrogens with zero attached hydrogens (tertiary/aromatic N) is 2. The predicted octanol–water partition coefficient (Wildman–Crippen LogP) is 0.684. The largest absolute Gasteiger partial charge is 0.489 e. The first-order valence-corrected chi connectivity index (χ1v) is 6.14. The van der Waals surface area contributed by atoms with Crippen LogP contribution in [0.4, 0.5) is 0 Å². The van der Waals surface area contributed by atoms with E-state index in [1.54, 1.807) is 20.2 Å². The van der Waals surface area contributed by atoms with Crippen molar-refractivity contribution in [3.63, 3.8) is 0 Å². The topological polar surface area (TPSA) is 71.5 Å². The van der Waals surface area contributed by atoms with Gasteiger partial charge in [-0.05, 0) is 18.9 Å². The van der Waals surface area contributed by atoms with E-state index in [0.717, 1.165) is 12.8 Å². The number of pyridine rings is 1. The number of hydrogen-bond acceptors (Lipinski definition) is 4. The molecule has 1 aromatic rings. The Morgan fingerprint density at radius 2 is 2.11 bits per heavy atom. The summed E-state index contributed by atoms with van der Waals surface area (Å²) in [5.74, 6) is -0.268. The van der Waals surface area contributed by atoms with Gasteiger partial charge in [-0.1, -0.05) is 0 Å². The maximum atomic E-state index is 12.1. The Morgan fingerprint density at radius 1 is 1.42 bits per heavy atom. The van der Waals surface area contributed by atoms with Crippen molar-refractivity contribution in [3.05, 3.63) is 23.5 Å². The molecule has 6 nitrogen and oxygen atoms in total. The number of aromatic nitrogens is 1. The first kappa shape index (κ1) is 13.3. The molecule has 1 aliphatic rings. The number of carbonyl (C=O) groups is 2. The van der Waals surface area contributed by atoms with E-state index in [4.69, 9.17) is 4.74 Å². The van der Waals surface area contributed by atoms with Gasteiger partial charge >= 0.3 is 0 Å². The summed E-state index contributed by atoms with van der Waals surface area (Å²) in [6, 6.07) is 1.62. The molecule has 2 amide bonds. The Balaban J connectivity index is 2.45. The summed E-state index contributed by atoms with van der Waals surface area (Å²) in [4.78, 5) is 29.5. The van der Waals surface area contributed by atoms with E-state index in [1.165, 1.54) is 18.1 Å². The minimum atomic E-state index is -0.367. The van der Waals surface area contributed by atoms with Crippen LogP contribution in [-0.2, 0) is 0 Å². The second-order valence-electron chi connectivity index (χ2n) is 4.63. The van der Waals surface area contributed by atoms with Gasteiger partial charge in [-0.15, -0.1) is 0 Å². The molecule has 0 aromatic carbocycles. The fourth-order valence-electron chi connectivity index (χ4n) is 1.63. The highest BCUT2D eigenvalue weighted by Crippen LogP contribution is 2.30. The summed E-state index contributed by atoms with van der Waals surface area (Å²) < 4.78 is 5.68. The third-order valence-electron chi connectivity index (χ3n) is 2.79. The quantitative estimate of drug-likeness (QED) is 0.867. The van der Waals surface area contributed by atoms with Crippen molar-refractivity contribution in [2.45, 2.75) is 18.9 Å². The van der Waals surface area contributed by atoms with Crippen LogP contribution in [0, 0.1) is 0 Å². The van der Waals surface area contributed by atoms with E-state index in [2.05, 4.69) is 10.3 Å². The van der Waals surface area contributed by atoms with Crippen molar-refractivity contribution in [3.8, 4) is 5.75 Å². The number of rotatable bonds is 4. The zero-order valence-electron chi connectivity index (χ0n) is 11.3. The Kier molecular flexibility index (Phi) is 3.69. The van der Waals surface area contributed by atoms with E-state index < -0.39 is 0 Å². The van der Waals surface area contributed by atoms with Crippen molar-refractivity contribution >= 4 is 11.8 Å². The highest BCUT2D eigenvalue weighted by molar-refractivity contribution is 6.07. The molecule has 0 aliphatic heterocycles. The van der Waals surface area contributed by atoms with Gasteiger partial charge in [0.25, 0.3) is 11.8 Å². The molecule has 0 bridgehead atoms. The van der Waals surface area contributed by atoms with Crippen LogP contribution in [0.3, 0.4) is 0 Å². The number of hydrogen-bond donors (Lipinski definition) is 1. The molecular formula is C13H17N3O3. The smallest absolute Gasteiger partial charge is 0.272 e. The summed E-state index contributed by atoms with van der Waals surface area (Å²) in [6.07, 6.45) is 3.59. The highest BCUT2D eigenvalue weighted by Gasteiger charge is 2.29. The van der Waals surface area contributed by atoms with Crippen LogP contribution in [0.15, 0.2) is 12.3 Å². The molecule has 19 heavy (non-hydrogen) atoms. The summed E-state index contributed by atoms with van der Waals surface area (Å²) in [7, 11) is 4.75. The number of ether oxygens (including phenoxy) is 1. The molecule has 2 rings (SSSR count). The third kappa shape index (κ3) is 2.83. The van der Waals surface area contributed by atoms with E-state index in [-0.39, 0.29) is 29.2 Å². The molecule has 6 heteroatoms. The van der Waals surface area contributed by atoms with E-state index in [1.807, 2.05) is 0 Å². The van der Waals surface area contributed by atoms with Gasteiger partial charge in [-0.3, -0.25) is 9.59 Å². The first-order chi connectivity index (χ1) is 9.04. The van der Waals surface area contributed by atoms with Gasteiger partial charge < -0.3 is 15.0 Å². The van der Waals surface area contributed by atoms with Crippen LogP contribution >= 0.6 is 0 Å². The molecular weight excluding hydrogens is 246 g/mol. The number of amides is 2. The SMILES string of the molecule is CNC(=O)c1c(OC2CC2)ccnc1C(=O)N(C)C. The predicted molar refractivity (Wildman–Crippen MR) is 69.3 cm³/mol. The zero-order chi connectivity index (χ0) is 14.0. The lowest BCUT2D eigenvalue weighted by Gasteiger charge is -2.15. The molecule has 1 heterocycles. The Labute approximate surface area is 111 Å². The second-order valence-corrected chi connectivity index (χ2v) is 4.63. The molecule has 1 saturated carbocycles. The van der Waals surface area contributed by atoms with Crippen molar-refractivity contribution in [1.29, 1.82) is 0 Å². The van der Waals surface area contributed by atoms with Gasteiger partial charge in [0, 0.05) is 27.3 Å². The minimum Gasteiger partial charge on any atom is -0.489 e. The van der Waals surface area contributed by atoms with Crippen molar-refractivity contribution in [2.24, 2.45) is 0 Å². The molecule has 0 unspecified atom stereocenters. The van der Waals surface area contributed by atoms with Gasteiger partial charge in [0.2, 0.25) is 0 Å². The maximum Gasteiger partial charge on any atom is 0.272 e. The van der Waals surface area contributed by atoms with Gasteiger partial charge in [0.15, 0.2) is 0 Å². The van der Waals surface area contributed by atoms with Crippen molar-refractivity contribution in [1.82, 2.24) is 15.2 Å². The van der Waals surface area contributed by atoms with Crippen LogP contribution in [0.2, 0.25) is 0 Å². The average molecular weight is 263 g/mol. The van der Waals surface area contributed by atoms with Crippen LogP contribution in [0.25, 0.3) is 0 Å². The van der Waals surface area contributed by atoms with Gasteiger partial charge in [0.1, 0.15) is 17.0 Å². The lowest BCUT2D eigenvalue weighted by atomic mass is 10.1. The minimum absolute atomic E-state index is 0.113. The average Bonchev–Trinajstić information content (AvgIpc) is 3.20. The Morgan fingerprint density at radius 3 is 2.63 bits per heavy atom. The van der Waals surface area contributed by atoms with E-state index >= 15 is 0 Å². The molecule has 102 valence electrons. The van der Waals surface area contributed by atoms with Crippen LogP contribution in [0.5, 0.6) is 5.75 Å². The van der Waals surface area contributed by atoms with E-state index in [9.17, 15) is 9.59 Å². The summed E-state index contributed by atoms with van der Waals surface area (Å²) in [5.41, 5.74) is 0.318. The monoisotopic (exact) mass is 263 g/mol. The Hall–Kier alpha value is -2.11.